The predicted molar refractivity (Wildman–Crippen MR) is 109 cm³/mol. The zero-order valence-electron chi connectivity index (χ0n) is 16.2. The molecule has 0 aliphatic carbocycles. The van der Waals surface area contributed by atoms with E-state index in [1.165, 1.54) is 0 Å². The molecule has 146 valence electrons. The second-order valence-corrected chi connectivity index (χ2v) is 7.58. The third kappa shape index (κ3) is 3.28. The van der Waals surface area contributed by atoms with E-state index in [4.69, 9.17) is 17.0 Å². The number of carbonyl (C=O) groups excluding carboxylic acids is 1. The van der Waals surface area contributed by atoms with E-state index in [0.29, 0.717) is 29.3 Å². The van der Waals surface area contributed by atoms with Crippen LogP contribution in [-0.2, 0) is 7.05 Å². The Labute approximate surface area is 168 Å². The number of aromatic nitrogens is 4. The molecule has 4 rings (SSSR count). The summed E-state index contributed by atoms with van der Waals surface area (Å²) in [4.78, 5) is 19.7. The first-order valence-corrected chi connectivity index (χ1v) is 9.74. The summed E-state index contributed by atoms with van der Waals surface area (Å²) in [5.74, 6) is 2.07. The number of aromatic amines is 1. The number of nitrogens with one attached hydrogen (secondary N) is 1. The van der Waals surface area contributed by atoms with Gasteiger partial charge in [-0.05, 0) is 50.2 Å². The van der Waals surface area contributed by atoms with Gasteiger partial charge in [0.25, 0.3) is 5.91 Å². The highest BCUT2D eigenvalue weighted by molar-refractivity contribution is 7.71. The van der Waals surface area contributed by atoms with Crippen LogP contribution in [0.2, 0.25) is 0 Å². The summed E-state index contributed by atoms with van der Waals surface area (Å²) in [6.07, 6.45) is 1.74. The van der Waals surface area contributed by atoms with E-state index in [2.05, 4.69) is 15.2 Å². The Balaban J connectivity index is 1.53. The van der Waals surface area contributed by atoms with Crippen molar-refractivity contribution in [1.82, 2.24) is 24.6 Å². The van der Waals surface area contributed by atoms with Gasteiger partial charge in [0.05, 0.1) is 23.9 Å². The van der Waals surface area contributed by atoms with Gasteiger partial charge >= 0.3 is 0 Å². The molecule has 1 amide bonds. The van der Waals surface area contributed by atoms with Gasteiger partial charge in [-0.15, -0.1) is 0 Å². The highest BCUT2D eigenvalue weighted by atomic mass is 32.1. The second-order valence-electron chi connectivity index (χ2n) is 7.19. The van der Waals surface area contributed by atoms with Gasteiger partial charge in [0, 0.05) is 37.5 Å². The number of fused-ring (bicyclic) bond motifs is 1. The number of piperidine rings is 1. The predicted octanol–water partition coefficient (Wildman–Crippen LogP) is 3.36. The SMILES string of the molecule is COc1ccc2cc(C(=O)N3CCC(c4n[nH]c(=S)n4C)CC3)c(C)nc2c1. The fraction of sp³-hybridized carbons (Fsp3) is 0.400. The number of aryl methyl sites for hydroxylation is 1. The Kier molecular flexibility index (Phi) is 4.89. The molecule has 1 fully saturated rings. The van der Waals surface area contributed by atoms with Crippen LogP contribution in [0, 0.1) is 11.7 Å². The normalized spacial score (nSPS) is 15.2. The van der Waals surface area contributed by atoms with Crippen LogP contribution in [0.15, 0.2) is 24.3 Å². The number of benzene rings is 1. The van der Waals surface area contributed by atoms with Gasteiger partial charge in [0.1, 0.15) is 11.6 Å². The van der Waals surface area contributed by atoms with Crippen LogP contribution in [0.1, 0.15) is 40.6 Å². The van der Waals surface area contributed by atoms with Gasteiger partial charge in [-0.2, -0.15) is 5.10 Å². The Morgan fingerprint density at radius 1 is 1.29 bits per heavy atom. The van der Waals surface area contributed by atoms with Gasteiger partial charge in [0.2, 0.25) is 0 Å². The highest BCUT2D eigenvalue weighted by Crippen LogP contribution is 2.28. The minimum atomic E-state index is 0.0385. The van der Waals surface area contributed by atoms with Crippen LogP contribution in [0.4, 0.5) is 0 Å². The van der Waals surface area contributed by atoms with Crippen LogP contribution in [0.25, 0.3) is 10.9 Å². The Hall–Kier alpha value is -2.74. The first-order chi connectivity index (χ1) is 13.5. The van der Waals surface area contributed by atoms with Crippen molar-refractivity contribution in [1.29, 1.82) is 0 Å². The number of ether oxygens (including phenoxy) is 1. The lowest BCUT2D eigenvalue weighted by Crippen LogP contribution is -2.38. The molecule has 7 nitrogen and oxygen atoms in total. The molecule has 0 saturated carbocycles. The minimum absolute atomic E-state index is 0.0385. The largest absolute Gasteiger partial charge is 0.497 e. The van der Waals surface area contributed by atoms with Crippen molar-refractivity contribution in [3.05, 3.63) is 46.1 Å². The molecule has 1 aromatic carbocycles. The maximum Gasteiger partial charge on any atom is 0.255 e. The summed E-state index contributed by atoms with van der Waals surface area (Å²) in [5.41, 5.74) is 2.23. The van der Waals surface area contributed by atoms with Gasteiger partial charge in [-0.25, -0.2) is 0 Å². The molecule has 0 atom stereocenters. The van der Waals surface area contributed by atoms with Crippen LogP contribution < -0.4 is 4.74 Å². The lowest BCUT2D eigenvalue weighted by molar-refractivity contribution is 0.0709. The molecule has 1 aliphatic rings. The number of likely N-dealkylation sites (tertiary alicyclic amines) is 1. The molecule has 0 radical (unpaired) electrons. The fourth-order valence-corrected chi connectivity index (χ4v) is 3.96. The van der Waals surface area contributed by atoms with Crippen LogP contribution in [-0.4, -0.2) is 50.8 Å². The maximum atomic E-state index is 13.1. The minimum Gasteiger partial charge on any atom is -0.497 e. The molecule has 0 spiro atoms. The Bertz CT molecular complexity index is 1100. The zero-order chi connectivity index (χ0) is 19.8. The summed E-state index contributed by atoms with van der Waals surface area (Å²) in [6.45, 7) is 3.28. The molecule has 28 heavy (non-hydrogen) atoms. The molecular formula is C20H23N5O2S. The fourth-order valence-electron chi connectivity index (χ4n) is 3.82. The molecular weight excluding hydrogens is 374 g/mol. The number of pyridine rings is 1. The molecule has 0 bridgehead atoms. The molecule has 0 unspecified atom stereocenters. The first kappa shape index (κ1) is 18.6. The molecule has 3 aromatic rings. The van der Waals surface area contributed by atoms with Crippen molar-refractivity contribution in [2.45, 2.75) is 25.7 Å². The van der Waals surface area contributed by atoms with Gasteiger partial charge < -0.3 is 14.2 Å². The summed E-state index contributed by atoms with van der Waals surface area (Å²) >= 11 is 5.21. The van der Waals surface area contributed by atoms with E-state index < -0.39 is 0 Å². The topological polar surface area (TPSA) is 76.0 Å². The van der Waals surface area contributed by atoms with E-state index in [-0.39, 0.29) is 5.91 Å². The smallest absolute Gasteiger partial charge is 0.255 e. The van der Waals surface area contributed by atoms with Crippen molar-refractivity contribution in [3.8, 4) is 5.75 Å². The van der Waals surface area contributed by atoms with Crippen molar-refractivity contribution in [2.75, 3.05) is 20.2 Å². The standard InChI is InChI=1S/C20H23N5O2S/c1-12-16(10-14-4-5-15(27-3)11-17(14)21-12)19(26)25-8-6-13(7-9-25)18-22-23-20(28)24(18)2/h4-5,10-11,13H,6-9H2,1-3H3,(H,23,28). The second kappa shape index (κ2) is 7.35. The summed E-state index contributed by atoms with van der Waals surface area (Å²) < 4.78 is 7.81. The van der Waals surface area contributed by atoms with Gasteiger partial charge in [0.15, 0.2) is 4.77 Å². The molecule has 8 heteroatoms. The number of rotatable bonds is 3. The molecule has 1 aliphatic heterocycles. The number of hydrogen-bond donors (Lipinski definition) is 1. The first-order valence-electron chi connectivity index (χ1n) is 9.34. The van der Waals surface area contributed by atoms with Crippen LogP contribution in [0.3, 0.4) is 0 Å². The Morgan fingerprint density at radius 2 is 2.04 bits per heavy atom. The number of H-pyrrole nitrogens is 1. The summed E-state index contributed by atoms with van der Waals surface area (Å²) in [6, 6.07) is 7.64. The Morgan fingerprint density at radius 3 is 2.68 bits per heavy atom. The number of nitrogens with zero attached hydrogens (tertiary/aromatic N) is 4. The van der Waals surface area contributed by atoms with E-state index in [9.17, 15) is 4.79 Å². The van der Waals surface area contributed by atoms with Crippen molar-refractivity contribution < 1.29 is 9.53 Å². The number of methoxy groups -OCH3 is 1. The van der Waals surface area contributed by atoms with Crippen molar-refractivity contribution in [3.63, 3.8) is 0 Å². The zero-order valence-corrected chi connectivity index (χ0v) is 17.0. The average Bonchev–Trinajstić information content (AvgIpc) is 3.05. The third-order valence-electron chi connectivity index (χ3n) is 5.51. The molecule has 2 aromatic heterocycles. The molecule has 1 N–H and O–H groups in total. The number of carbonyl (C=O) groups is 1. The van der Waals surface area contributed by atoms with Crippen LogP contribution >= 0.6 is 12.2 Å². The van der Waals surface area contributed by atoms with E-state index >= 15 is 0 Å². The highest BCUT2D eigenvalue weighted by Gasteiger charge is 2.28. The number of amides is 1. The summed E-state index contributed by atoms with van der Waals surface area (Å²) in [5, 5.41) is 8.13. The maximum absolute atomic E-state index is 13.1. The van der Waals surface area contributed by atoms with E-state index in [0.717, 1.165) is 41.0 Å². The van der Waals surface area contributed by atoms with Crippen LogP contribution in [0.5, 0.6) is 5.75 Å². The van der Waals surface area contributed by atoms with E-state index in [1.807, 2.05) is 47.7 Å². The molecule has 1 saturated heterocycles. The van der Waals surface area contributed by atoms with E-state index in [1.54, 1.807) is 7.11 Å². The van der Waals surface area contributed by atoms with Gasteiger partial charge in [-0.1, -0.05) is 0 Å². The molecule has 3 heterocycles. The lowest BCUT2D eigenvalue weighted by Gasteiger charge is -2.31. The lowest BCUT2D eigenvalue weighted by atomic mass is 9.95. The van der Waals surface area contributed by atoms with Gasteiger partial charge in [-0.3, -0.25) is 14.9 Å². The number of hydrogen-bond acceptors (Lipinski definition) is 5. The average molecular weight is 398 g/mol. The summed E-state index contributed by atoms with van der Waals surface area (Å²) in [7, 11) is 3.56. The third-order valence-corrected chi connectivity index (χ3v) is 5.87. The van der Waals surface area contributed by atoms with Crippen molar-refractivity contribution >= 4 is 29.0 Å². The monoisotopic (exact) mass is 397 g/mol. The van der Waals surface area contributed by atoms with Crippen molar-refractivity contribution in [2.24, 2.45) is 7.05 Å². The quantitative estimate of drug-likeness (QED) is 0.686.